The lowest BCUT2D eigenvalue weighted by atomic mass is 10.1. The molecule has 76 valence electrons. The first-order valence-electron chi connectivity index (χ1n) is 4.78. The summed E-state index contributed by atoms with van der Waals surface area (Å²) in [6, 6.07) is -0.382. The Labute approximate surface area is 78.9 Å². The molecule has 1 rings (SSSR count). The number of hydrogen-bond donors (Lipinski definition) is 2. The zero-order chi connectivity index (χ0) is 9.84. The molecule has 1 saturated heterocycles. The maximum atomic E-state index is 10.7. The number of piperazine rings is 1. The molecular formula is C9H18N2O2. The van der Waals surface area contributed by atoms with E-state index in [0.717, 1.165) is 19.6 Å². The molecule has 0 saturated carbocycles. The normalized spacial score (nSPS) is 25.0. The number of nitrogens with one attached hydrogen (secondary N) is 1. The minimum Gasteiger partial charge on any atom is -0.480 e. The first-order valence-corrected chi connectivity index (χ1v) is 4.78. The maximum absolute atomic E-state index is 10.7. The van der Waals surface area contributed by atoms with Gasteiger partial charge in [0.1, 0.15) is 6.04 Å². The molecule has 4 nitrogen and oxygen atoms in total. The third kappa shape index (κ3) is 3.32. The zero-order valence-corrected chi connectivity index (χ0v) is 8.29. The topological polar surface area (TPSA) is 52.6 Å². The third-order valence-corrected chi connectivity index (χ3v) is 2.18. The van der Waals surface area contributed by atoms with Crippen LogP contribution in [0.4, 0.5) is 0 Å². The van der Waals surface area contributed by atoms with Crippen LogP contribution in [-0.2, 0) is 4.79 Å². The van der Waals surface area contributed by atoms with Crippen LogP contribution >= 0.6 is 0 Å². The van der Waals surface area contributed by atoms with Gasteiger partial charge in [0.05, 0.1) is 0 Å². The van der Waals surface area contributed by atoms with Crippen molar-refractivity contribution in [3.63, 3.8) is 0 Å². The summed E-state index contributed by atoms with van der Waals surface area (Å²) < 4.78 is 0. The summed E-state index contributed by atoms with van der Waals surface area (Å²) in [5, 5.41) is 11.8. The van der Waals surface area contributed by atoms with Crippen LogP contribution in [0.1, 0.15) is 13.8 Å². The fourth-order valence-corrected chi connectivity index (χ4v) is 1.66. The van der Waals surface area contributed by atoms with Crippen molar-refractivity contribution >= 4 is 5.97 Å². The van der Waals surface area contributed by atoms with Gasteiger partial charge >= 0.3 is 5.97 Å². The van der Waals surface area contributed by atoms with Gasteiger partial charge in [0.2, 0.25) is 0 Å². The van der Waals surface area contributed by atoms with Gasteiger partial charge in [-0.05, 0) is 5.92 Å². The maximum Gasteiger partial charge on any atom is 0.322 e. The van der Waals surface area contributed by atoms with Crippen LogP contribution in [0.3, 0.4) is 0 Å². The van der Waals surface area contributed by atoms with E-state index in [2.05, 4.69) is 24.1 Å². The molecule has 0 spiro atoms. The van der Waals surface area contributed by atoms with Gasteiger partial charge in [-0.2, -0.15) is 0 Å². The highest BCUT2D eigenvalue weighted by atomic mass is 16.4. The van der Waals surface area contributed by atoms with E-state index in [1.54, 1.807) is 0 Å². The van der Waals surface area contributed by atoms with E-state index in [0.29, 0.717) is 12.5 Å². The Balaban J connectivity index is 2.37. The van der Waals surface area contributed by atoms with Crippen LogP contribution in [0.2, 0.25) is 0 Å². The molecule has 1 fully saturated rings. The van der Waals surface area contributed by atoms with Crippen molar-refractivity contribution in [3.05, 3.63) is 0 Å². The minimum absolute atomic E-state index is 0.382. The number of nitrogens with zero attached hydrogens (tertiary/aromatic N) is 1. The van der Waals surface area contributed by atoms with Crippen molar-refractivity contribution in [3.8, 4) is 0 Å². The van der Waals surface area contributed by atoms with Crippen LogP contribution in [0.5, 0.6) is 0 Å². The SMILES string of the molecule is CC(C)CN1CCNC(C(=O)O)C1. The molecule has 0 bridgehead atoms. The molecule has 1 unspecified atom stereocenters. The lowest BCUT2D eigenvalue weighted by Gasteiger charge is -2.32. The predicted octanol–water partition coefficient (Wildman–Crippen LogP) is 0.000800. The summed E-state index contributed by atoms with van der Waals surface area (Å²) in [4.78, 5) is 12.9. The highest BCUT2D eigenvalue weighted by molar-refractivity contribution is 5.73. The van der Waals surface area contributed by atoms with Crippen molar-refractivity contribution in [2.45, 2.75) is 19.9 Å². The summed E-state index contributed by atoms with van der Waals surface area (Å²) in [5.74, 6) is -0.138. The van der Waals surface area contributed by atoms with E-state index < -0.39 is 5.97 Å². The fraction of sp³-hybridized carbons (Fsp3) is 0.889. The molecule has 0 amide bonds. The average Bonchev–Trinajstić information content (AvgIpc) is 2.03. The van der Waals surface area contributed by atoms with Crippen LogP contribution in [-0.4, -0.2) is 48.2 Å². The molecule has 0 radical (unpaired) electrons. The van der Waals surface area contributed by atoms with E-state index in [-0.39, 0.29) is 6.04 Å². The molecule has 0 aliphatic carbocycles. The number of aliphatic carboxylic acids is 1. The van der Waals surface area contributed by atoms with Gasteiger partial charge in [0.25, 0.3) is 0 Å². The Kier molecular flexibility index (Phi) is 3.69. The molecule has 0 aromatic carbocycles. The molecule has 0 aromatic heterocycles. The second-order valence-corrected chi connectivity index (χ2v) is 4.00. The lowest BCUT2D eigenvalue weighted by Crippen LogP contribution is -2.54. The second-order valence-electron chi connectivity index (χ2n) is 4.00. The average molecular weight is 186 g/mol. The van der Waals surface area contributed by atoms with Crippen LogP contribution < -0.4 is 5.32 Å². The summed E-state index contributed by atoms with van der Waals surface area (Å²) >= 11 is 0. The Morgan fingerprint density at radius 1 is 1.69 bits per heavy atom. The van der Waals surface area contributed by atoms with Gasteiger partial charge in [-0.15, -0.1) is 0 Å². The summed E-state index contributed by atoms with van der Waals surface area (Å²) in [7, 11) is 0. The van der Waals surface area contributed by atoms with Crippen molar-refractivity contribution in [2.75, 3.05) is 26.2 Å². The van der Waals surface area contributed by atoms with Gasteiger partial charge in [0, 0.05) is 26.2 Å². The van der Waals surface area contributed by atoms with Gasteiger partial charge in [-0.25, -0.2) is 0 Å². The van der Waals surface area contributed by atoms with E-state index in [1.807, 2.05) is 0 Å². The highest BCUT2D eigenvalue weighted by Gasteiger charge is 2.24. The molecular weight excluding hydrogens is 168 g/mol. The third-order valence-electron chi connectivity index (χ3n) is 2.18. The van der Waals surface area contributed by atoms with Crippen molar-refractivity contribution in [2.24, 2.45) is 5.92 Å². The number of carbonyl (C=O) groups is 1. The number of carboxylic acids is 1. The van der Waals surface area contributed by atoms with Crippen molar-refractivity contribution in [1.29, 1.82) is 0 Å². The standard InChI is InChI=1S/C9H18N2O2/c1-7(2)5-11-4-3-10-8(6-11)9(12)13/h7-8,10H,3-6H2,1-2H3,(H,12,13). The van der Waals surface area contributed by atoms with Gasteiger partial charge < -0.3 is 10.4 Å². The molecule has 0 aromatic rings. The Bertz CT molecular complexity index is 182. The highest BCUT2D eigenvalue weighted by Crippen LogP contribution is 2.03. The molecule has 1 aliphatic heterocycles. The first kappa shape index (κ1) is 10.5. The molecule has 1 atom stereocenters. The smallest absolute Gasteiger partial charge is 0.322 e. The lowest BCUT2D eigenvalue weighted by molar-refractivity contribution is -0.140. The minimum atomic E-state index is -0.742. The number of carboxylic acid groups (broad SMARTS) is 1. The van der Waals surface area contributed by atoms with Crippen LogP contribution in [0.15, 0.2) is 0 Å². The number of hydrogen-bond acceptors (Lipinski definition) is 3. The van der Waals surface area contributed by atoms with Gasteiger partial charge in [-0.3, -0.25) is 9.69 Å². The first-order chi connectivity index (χ1) is 6.09. The van der Waals surface area contributed by atoms with E-state index >= 15 is 0 Å². The van der Waals surface area contributed by atoms with Crippen molar-refractivity contribution in [1.82, 2.24) is 10.2 Å². The van der Waals surface area contributed by atoms with Gasteiger partial charge in [0.15, 0.2) is 0 Å². The fourth-order valence-electron chi connectivity index (χ4n) is 1.66. The largest absolute Gasteiger partial charge is 0.480 e. The van der Waals surface area contributed by atoms with E-state index in [1.165, 1.54) is 0 Å². The Morgan fingerprint density at radius 2 is 2.38 bits per heavy atom. The molecule has 4 heteroatoms. The van der Waals surface area contributed by atoms with E-state index in [4.69, 9.17) is 5.11 Å². The molecule has 1 aliphatic rings. The Hall–Kier alpha value is -0.610. The zero-order valence-electron chi connectivity index (χ0n) is 8.29. The predicted molar refractivity (Wildman–Crippen MR) is 50.7 cm³/mol. The summed E-state index contributed by atoms with van der Waals surface area (Å²) in [6.07, 6.45) is 0. The van der Waals surface area contributed by atoms with E-state index in [9.17, 15) is 4.79 Å². The van der Waals surface area contributed by atoms with Gasteiger partial charge in [-0.1, -0.05) is 13.8 Å². The Morgan fingerprint density at radius 3 is 2.92 bits per heavy atom. The molecule has 2 N–H and O–H groups in total. The quantitative estimate of drug-likeness (QED) is 0.651. The molecule has 1 heterocycles. The second kappa shape index (κ2) is 4.58. The molecule has 13 heavy (non-hydrogen) atoms. The monoisotopic (exact) mass is 186 g/mol. The van der Waals surface area contributed by atoms with Crippen molar-refractivity contribution < 1.29 is 9.90 Å². The summed E-state index contributed by atoms with van der Waals surface area (Å²) in [5.41, 5.74) is 0. The summed E-state index contributed by atoms with van der Waals surface area (Å²) in [6.45, 7) is 7.67. The number of rotatable bonds is 3. The van der Waals surface area contributed by atoms with Crippen LogP contribution in [0, 0.1) is 5.92 Å². The van der Waals surface area contributed by atoms with Crippen LogP contribution in [0.25, 0.3) is 0 Å².